The smallest absolute Gasteiger partial charge is 0.220 e. The molecule has 0 aromatic carbocycles. The standard InChI is InChI=1S/C30H54N2O15/c1-17(35)18(32-22(37)11-5-8-14-45-30-28(43)26(41)24(39)20(16-34)47-30)9-4-6-12-31-21(36)10-3-2-7-13-44-29-27(42)25(40)23(38)19(15-33)46-29/h18-20,23-30,33-34,38-43H,2-16H2,1H3,(H,31,36)(H,32,37)/t18-,19?,20?,23?,24?,25?,26?,27?,28?,29?,30?/m0/s1. The van der Waals surface area contributed by atoms with Gasteiger partial charge in [-0.15, -0.1) is 0 Å². The molecule has 2 aliphatic heterocycles. The molecule has 0 aliphatic carbocycles. The summed E-state index contributed by atoms with van der Waals surface area (Å²) in [6.45, 7) is 1.02. The largest absolute Gasteiger partial charge is 0.394 e. The van der Waals surface area contributed by atoms with Crippen LogP contribution in [0.2, 0.25) is 0 Å². The van der Waals surface area contributed by atoms with Crippen molar-refractivity contribution in [1.29, 1.82) is 0 Å². The highest BCUT2D eigenvalue weighted by atomic mass is 16.7. The van der Waals surface area contributed by atoms with E-state index in [1.165, 1.54) is 6.92 Å². The fraction of sp³-hybridized carbons (Fsp3) is 0.900. The highest BCUT2D eigenvalue weighted by molar-refractivity contribution is 5.87. The average Bonchev–Trinajstić information content (AvgIpc) is 3.05. The van der Waals surface area contributed by atoms with Crippen LogP contribution in [0, 0.1) is 0 Å². The maximum atomic E-state index is 12.4. The van der Waals surface area contributed by atoms with Crippen molar-refractivity contribution in [3.8, 4) is 0 Å². The monoisotopic (exact) mass is 682 g/mol. The number of Topliss-reactive ketones (excluding diaryl/α,β-unsaturated/α-hetero) is 1. The summed E-state index contributed by atoms with van der Waals surface area (Å²) >= 11 is 0. The Bertz CT molecular complexity index is 926. The number of carbonyl (C=O) groups excluding carboxylic acids is 3. The molecular formula is C30H54N2O15. The second kappa shape index (κ2) is 22.0. The third-order valence-corrected chi connectivity index (χ3v) is 8.18. The molecule has 47 heavy (non-hydrogen) atoms. The highest BCUT2D eigenvalue weighted by Crippen LogP contribution is 2.23. The molecule has 2 aliphatic rings. The van der Waals surface area contributed by atoms with Gasteiger partial charge in [0.2, 0.25) is 11.8 Å². The lowest BCUT2D eigenvalue weighted by Gasteiger charge is -2.39. The molecule has 11 atom stereocenters. The van der Waals surface area contributed by atoms with E-state index < -0.39 is 80.7 Å². The van der Waals surface area contributed by atoms with Crippen molar-refractivity contribution in [2.45, 2.75) is 139 Å². The number of hydrogen-bond donors (Lipinski definition) is 10. The number of unbranched alkanes of at least 4 members (excludes halogenated alkanes) is 4. The van der Waals surface area contributed by atoms with Gasteiger partial charge in [0.05, 0.1) is 19.3 Å². The van der Waals surface area contributed by atoms with E-state index in [0.29, 0.717) is 64.3 Å². The lowest BCUT2D eigenvalue weighted by molar-refractivity contribution is -0.301. The minimum Gasteiger partial charge on any atom is -0.394 e. The highest BCUT2D eigenvalue weighted by Gasteiger charge is 2.45. The predicted octanol–water partition coefficient (Wildman–Crippen LogP) is -3.29. The molecule has 10 unspecified atom stereocenters. The molecule has 2 heterocycles. The van der Waals surface area contributed by atoms with Crippen molar-refractivity contribution >= 4 is 17.6 Å². The summed E-state index contributed by atoms with van der Waals surface area (Å²) in [7, 11) is 0. The van der Waals surface area contributed by atoms with E-state index in [2.05, 4.69) is 10.6 Å². The molecule has 2 saturated heterocycles. The number of amides is 2. The molecule has 2 amide bonds. The zero-order chi connectivity index (χ0) is 34.9. The first-order valence-corrected chi connectivity index (χ1v) is 16.3. The normalized spacial score (nSPS) is 31.7. The molecule has 17 nitrogen and oxygen atoms in total. The third-order valence-electron chi connectivity index (χ3n) is 8.18. The van der Waals surface area contributed by atoms with Crippen LogP contribution in [0.4, 0.5) is 0 Å². The molecule has 2 rings (SSSR count). The molecule has 0 aromatic rings. The maximum absolute atomic E-state index is 12.4. The van der Waals surface area contributed by atoms with Crippen molar-refractivity contribution in [2.24, 2.45) is 0 Å². The van der Waals surface area contributed by atoms with Crippen LogP contribution in [-0.4, -0.2) is 159 Å². The summed E-state index contributed by atoms with van der Waals surface area (Å²) in [4.78, 5) is 36.5. The van der Waals surface area contributed by atoms with Crippen LogP contribution >= 0.6 is 0 Å². The van der Waals surface area contributed by atoms with E-state index in [1.54, 1.807) is 0 Å². The Hall–Kier alpha value is -1.87. The lowest BCUT2D eigenvalue weighted by Crippen LogP contribution is -2.59. The van der Waals surface area contributed by atoms with Crippen molar-refractivity contribution in [2.75, 3.05) is 33.0 Å². The van der Waals surface area contributed by atoms with Gasteiger partial charge in [0.15, 0.2) is 18.4 Å². The minimum absolute atomic E-state index is 0.0950. The van der Waals surface area contributed by atoms with E-state index in [9.17, 15) is 55.2 Å². The van der Waals surface area contributed by atoms with Gasteiger partial charge in [0.25, 0.3) is 0 Å². The summed E-state index contributed by atoms with van der Waals surface area (Å²) < 4.78 is 21.4. The predicted molar refractivity (Wildman–Crippen MR) is 161 cm³/mol. The van der Waals surface area contributed by atoms with Gasteiger partial charge in [-0.05, 0) is 51.9 Å². The van der Waals surface area contributed by atoms with Crippen molar-refractivity contribution in [1.82, 2.24) is 10.6 Å². The Morgan fingerprint density at radius 2 is 1.13 bits per heavy atom. The number of ketones is 1. The molecular weight excluding hydrogens is 628 g/mol. The Labute approximate surface area is 274 Å². The van der Waals surface area contributed by atoms with Crippen LogP contribution in [0.3, 0.4) is 0 Å². The van der Waals surface area contributed by atoms with Gasteiger partial charge in [-0.25, -0.2) is 0 Å². The lowest BCUT2D eigenvalue weighted by atomic mass is 9.99. The van der Waals surface area contributed by atoms with Crippen LogP contribution in [0.25, 0.3) is 0 Å². The molecule has 0 aromatic heterocycles. The topological polar surface area (TPSA) is 274 Å². The first kappa shape index (κ1) is 41.3. The maximum Gasteiger partial charge on any atom is 0.220 e. The van der Waals surface area contributed by atoms with Crippen LogP contribution in [0.1, 0.15) is 71.1 Å². The quantitative estimate of drug-likeness (QED) is 0.0501. The first-order chi connectivity index (χ1) is 22.4. The molecule has 0 spiro atoms. The molecule has 17 heteroatoms. The Morgan fingerprint density at radius 3 is 1.64 bits per heavy atom. The van der Waals surface area contributed by atoms with Gasteiger partial charge >= 0.3 is 0 Å². The number of aliphatic hydroxyl groups excluding tert-OH is 8. The van der Waals surface area contributed by atoms with Crippen molar-refractivity contribution < 1.29 is 74.2 Å². The molecule has 0 saturated carbocycles. The average molecular weight is 683 g/mol. The second-order valence-electron chi connectivity index (χ2n) is 12.0. The van der Waals surface area contributed by atoms with E-state index >= 15 is 0 Å². The molecule has 274 valence electrons. The molecule has 0 bridgehead atoms. The zero-order valence-corrected chi connectivity index (χ0v) is 26.9. The fourth-order valence-corrected chi connectivity index (χ4v) is 5.19. The van der Waals surface area contributed by atoms with E-state index in [1.807, 2.05) is 0 Å². The van der Waals surface area contributed by atoms with Crippen molar-refractivity contribution in [3.05, 3.63) is 0 Å². The van der Waals surface area contributed by atoms with Gasteiger partial charge in [-0.3, -0.25) is 14.4 Å². The van der Waals surface area contributed by atoms with E-state index in [-0.39, 0.29) is 37.2 Å². The summed E-state index contributed by atoms with van der Waals surface area (Å²) in [6.07, 6.45) is -8.63. The van der Waals surface area contributed by atoms with Gasteiger partial charge < -0.3 is 70.4 Å². The number of aliphatic hydroxyl groups is 8. The van der Waals surface area contributed by atoms with E-state index in [0.717, 1.165) is 0 Å². The summed E-state index contributed by atoms with van der Waals surface area (Å²) in [6, 6.07) is -0.645. The van der Waals surface area contributed by atoms with Gasteiger partial charge in [0.1, 0.15) is 48.8 Å². The number of hydrogen-bond acceptors (Lipinski definition) is 15. The van der Waals surface area contributed by atoms with Crippen LogP contribution in [0.15, 0.2) is 0 Å². The summed E-state index contributed by atoms with van der Waals surface area (Å²) in [5.41, 5.74) is 0. The van der Waals surface area contributed by atoms with Gasteiger partial charge in [-0.2, -0.15) is 0 Å². The Kier molecular flexibility index (Phi) is 19.3. The van der Waals surface area contributed by atoms with Crippen molar-refractivity contribution in [3.63, 3.8) is 0 Å². The van der Waals surface area contributed by atoms with Crippen LogP contribution in [0.5, 0.6) is 0 Å². The van der Waals surface area contributed by atoms with Crippen LogP contribution < -0.4 is 10.6 Å². The molecule has 0 radical (unpaired) electrons. The number of rotatable bonds is 22. The number of nitrogens with one attached hydrogen (secondary N) is 2. The Balaban J connectivity index is 1.50. The van der Waals surface area contributed by atoms with Crippen LogP contribution in [-0.2, 0) is 33.3 Å². The number of ether oxygens (including phenoxy) is 4. The minimum atomic E-state index is -1.53. The fourth-order valence-electron chi connectivity index (χ4n) is 5.19. The van der Waals surface area contributed by atoms with Gasteiger partial charge in [-0.1, -0.05) is 6.42 Å². The number of carbonyl (C=O) groups is 3. The molecule has 10 N–H and O–H groups in total. The summed E-state index contributed by atoms with van der Waals surface area (Å²) in [5, 5.41) is 83.1. The van der Waals surface area contributed by atoms with E-state index in [4.69, 9.17) is 18.9 Å². The molecule has 2 fully saturated rings. The second-order valence-corrected chi connectivity index (χ2v) is 12.0. The zero-order valence-electron chi connectivity index (χ0n) is 26.9. The third kappa shape index (κ3) is 13.9. The Morgan fingerprint density at radius 1 is 0.638 bits per heavy atom. The summed E-state index contributed by atoms with van der Waals surface area (Å²) in [5.74, 6) is -0.597. The SMILES string of the molecule is CC(=O)[C@H](CCCCNC(=O)CCCCCOC1OC(CO)C(O)C(O)C1O)NC(=O)CCCCOC1OC(CO)C(O)C(O)C1O. The first-order valence-electron chi connectivity index (χ1n) is 16.3. The van der Waals surface area contributed by atoms with Gasteiger partial charge in [0, 0.05) is 32.6 Å².